The first-order chi connectivity index (χ1) is 18.0. The van der Waals surface area contributed by atoms with Crippen molar-refractivity contribution in [3.63, 3.8) is 0 Å². The molecule has 2 atom stereocenters. The Labute approximate surface area is 226 Å². The summed E-state index contributed by atoms with van der Waals surface area (Å²) >= 11 is 0. The quantitative estimate of drug-likeness (QED) is 0.437. The summed E-state index contributed by atoms with van der Waals surface area (Å²) in [5.74, 6) is 0.634. The molecule has 0 saturated carbocycles. The van der Waals surface area contributed by atoms with Crippen LogP contribution in [0.5, 0.6) is 11.5 Å². The van der Waals surface area contributed by atoms with Crippen LogP contribution in [0.15, 0.2) is 42.5 Å². The van der Waals surface area contributed by atoms with E-state index in [1.54, 1.807) is 30.0 Å². The number of amides is 2. The molecular formula is C28H39N3O6S. The lowest BCUT2D eigenvalue weighted by Gasteiger charge is -2.30. The molecule has 1 aliphatic heterocycles. The van der Waals surface area contributed by atoms with Crippen LogP contribution in [-0.2, 0) is 26.2 Å². The summed E-state index contributed by atoms with van der Waals surface area (Å²) in [6.07, 6.45) is 2.29. The smallest absolute Gasteiger partial charge is 0.242 e. The molecule has 0 fully saturated rings. The normalized spacial score (nSPS) is 14.3. The number of rotatable bonds is 12. The van der Waals surface area contributed by atoms with Gasteiger partial charge in [-0.1, -0.05) is 31.2 Å². The minimum atomic E-state index is -3.62. The van der Waals surface area contributed by atoms with E-state index < -0.39 is 16.1 Å². The Bertz CT molecular complexity index is 1230. The predicted octanol–water partition coefficient (Wildman–Crippen LogP) is 3.64. The van der Waals surface area contributed by atoms with Gasteiger partial charge in [-0.2, -0.15) is 0 Å². The van der Waals surface area contributed by atoms with Crippen molar-refractivity contribution in [1.29, 1.82) is 0 Å². The molecule has 0 aromatic heterocycles. The monoisotopic (exact) mass is 545 g/mol. The molecular weight excluding hydrogens is 506 g/mol. The largest absolute Gasteiger partial charge is 0.486 e. The van der Waals surface area contributed by atoms with Crippen LogP contribution in [0.4, 0.5) is 5.69 Å². The fraction of sp³-hybridized carbons (Fsp3) is 0.500. The van der Waals surface area contributed by atoms with Crippen LogP contribution in [-0.4, -0.2) is 63.2 Å². The standard InChI is InChI=1S/C28H39N3O6S/c1-6-21(3)29-28(33)22(4)30(19-23-11-8-7-10-20(23)2)27(32)12-9-15-31(38(5,34)35)24-13-14-25-26(18-24)37-17-16-36-25/h7-8,10-11,13-14,18,21-22H,6,9,12,15-17,19H2,1-5H3,(H,29,33)/t21-,22-/m1/s1. The molecule has 1 heterocycles. The highest BCUT2D eigenvalue weighted by atomic mass is 32.2. The van der Waals surface area contributed by atoms with E-state index in [0.717, 1.165) is 23.8 Å². The van der Waals surface area contributed by atoms with E-state index in [1.165, 1.54) is 4.31 Å². The first-order valence-electron chi connectivity index (χ1n) is 13.0. The minimum Gasteiger partial charge on any atom is -0.486 e. The Hall–Kier alpha value is -3.27. The summed E-state index contributed by atoms with van der Waals surface area (Å²) in [5, 5.41) is 2.96. The van der Waals surface area contributed by atoms with Crippen LogP contribution in [0, 0.1) is 6.92 Å². The topological polar surface area (TPSA) is 105 Å². The van der Waals surface area contributed by atoms with Crippen LogP contribution < -0.4 is 19.1 Å². The summed E-state index contributed by atoms with van der Waals surface area (Å²) in [7, 11) is -3.62. The van der Waals surface area contributed by atoms with Gasteiger partial charge in [0.25, 0.3) is 0 Å². The number of benzene rings is 2. The molecule has 1 aliphatic rings. The fourth-order valence-electron chi connectivity index (χ4n) is 4.21. The van der Waals surface area contributed by atoms with Gasteiger partial charge >= 0.3 is 0 Å². The molecule has 0 radical (unpaired) electrons. The number of anilines is 1. The van der Waals surface area contributed by atoms with Gasteiger partial charge in [0, 0.05) is 31.6 Å². The van der Waals surface area contributed by atoms with Gasteiger partial charge in [0.1, 0.15) is 19.3 Å². The Morgan fingerprint density at radius 3 is 2.39 bits per heavy atom. The number of aryl methyl sites for hydroxylation is 1. The van der Waals surface area contributed by atoms with Crippen LogP contribution in [0.1, 0.15) is 51.2 Å². The SMILES string of the molecule is CC[C@@H](C)NC(=O)[C@@H](C)N(Cc1ccccc1C)C(=O)CCCN(c1ccc2c(c1)OCCO2)S(C)(=O)=O. The van der Waals surface area contributed by atoms with Gasteiger partial charge in [0.05, 0.1) is 11.9 Å². The third kappa shape index (κ3) is 7.63. The number of carbonyl (C=O) groups excluding carboxylic acids is 2. The summed E-state index contributed by atoms with van der Waals surface area (Å²) in [6.45, 7) is 8.84. The van der Waals surface area contributed by atoms with Crippen molar-refractivity contribution < 1.29 is 27.5 Å². The highest BCUT2D eigenvalue weighted by Crippen LogP contribution is 2.34. The zero-order chi connectivity index (χ0) is 27.9. The molecule has 2 amide bonds. The molecule has 0 bridgehead atoms. The van der Waals surface area contributed by atoms with Crippen molar-refractivity contribution >= 4 is 27.5 Å². The second-order valence-corrected chi connectivity index (χ2v) is 11.6. The van der Waals surface area contributed by atoms with Crippen molar-refractivity contribution in [2.24, 2.45) is 0 Å². The van der Waals surface area contributed by atoms with Gasteiger partial charge in [-0.15, -0.1) is 0 Å². The maximum atomic E-state index is 13.5. The fourth-order valence-corrected chi connectivity index (χ4v) is 5.17. The van der Waals surface area contributed by atoms with E-state index >= 15 is 0 Å². The van der Waals surface area contributed by atoms with Crippen LogP contribution in [0.3, 0.4) is 0 Å². The van der Waals surface area contributed by atoms with E-state index in [9.17, 15) is 18.0 Å². The second-order valence-electron chi connectivity index (χ2n) is 9.71. The van der Waals surface area contributed by atoms with Crippen LogP contribution in [0.25, 0.3) is 0 Å². The molecule has 10 heteroatoms. The van der Waals surface area contributed by atoms with Crippen LogP contribution >= 0.6 is 0 Å². The molecule has 1 N–H and O–H groups in total. The lowest BCUT2D eigenvalue weighted by atomic mass is 10.1. The molecule has 0 unspecified atom stereocenters. The Balaban J connectivity index is 1.75. The number of hydrogen-bond acceptors (Lipinski definition) is 6. The second kappa shape index (κ2) is 13.0. The minimum absolute atomic E-state index is 0.00493. The van der Waals surface area contributed by atoms with E-state index in [4.69, 9.17) is 9.47 Å². The van der Waals surface area contributed by atoms with Gasteiger partial charge in [0.15, 0.2) is 11.5 Å². The van der Waals surface area contributed by atoms with E-state index in [2.05, 4.69) is 5.32 Å². The molecule has 0 spiro atoms. The number of nitrogens with one attached hydrogen (secondary N) is 1. The summed E-state index contributed by atoms with van der Waals surface area (Å²) in [5.41, 5.74) is 2.43. The van der Waals surface area contributed by atoms with Crippen molar-refractivity contribution in [2.45, 2.75) is 65.6 Å². The van der Waals surface area contributed by atoms with Gasteiger partial charge in [0.2, 0.25) is 21.8 Å². The van der Waals surface area contributed by atoms with E-state index in [1.807, 2.05) is 45.0 Å². The van der Waals surface area contributed by atoms with Gasteiger partial charge in [-0.25, -0.2) is 8.42 Å². The molecule has 38 heavy (non-hydrogen) atoms. The Morgan fingerprint density at radius 2 is 1.74 bits per heavy atom. The average Bonchev–Trinajstić information content (AvgIpc) is 2.89. The summed E-state index contributed by atoms with van der Waals surface area (Å²) in [6, 6.07) is 12.1. The summed E-state index contributed by atoms with van der Waals surface area (Å²) < 4.78 is 37.7. The average molecular weight is 546 g/mol. The number of sulfonamides is 1. The van der Waals surface area contributed by atoms with Crippen molar-refractivity contribution in [1.82, 2.24) is 10.2 Å². The number of fused-ring (bicyclic) bond motifs is 1. The van der Waals surface area contributed by atoms with Crippen molar-refractivity contribution in [2.75, 3.05) is 30.3 Å². The first-order valence-corrected chi connectivity index (χ1v) is 14.9. The predicted molar refractivity (Wildman–Crippen MR) is 148 cm³/mol. The van der Waals surface area contributed by atoms with Crippen molar-refractivity contribution in [3.8, 4) is 11.5 Å². The number of ether oxygens (including phenoxy) is 2. The highest BCUT2D eigenvalue weighted by molar-refractivity contribution is 7.92. The molecule has 208 valence electrons. The molecule has 9 nitrogen and oxygen atoms in total. The number of nitrogens with zero attached hydrogens (tertiary/aromatic N) is 2. The lowest BCUT2D eigenvalue weighted by Crippen LogP contribution is -2.49. The maximum Gasteiger partial charge on any atom is 0.242 e. The molecule has 0 aliphatic carbocycles. The molecule has 0 saturated heterocycles. The van der Waals surface area contributed by atoms with E-state index in [-0.39, 0.29) is 37.2 Å². The zero-order valence-corrected chi connectivity index (χ0v) is 23.7. The first kappa shape index (κ1) is 29.3. The van der Waals surface area contributed by atoms with Crippen LogP contribution in [0.2, 0.25) is 0 Å². The number of hydrogen-bond donors (Lipinski definition) is 1. The van der Waals surface area contributed by atoms with Gasteiger partial charge in [-0.05, 0) is 56.9 Å². The lowest BCUT2D eigenvalue weighted by molar-refractivity contribution is -0.140. The Kier molecular flexibility index (Phi) is 10.0. The third-order valence-corrected chi connectivity index (χ3v) is 7.93. The molecule has 3 rings (SSSR count). The number of carbonyl (C=O) groups is 2. The molecule has 2 aromatic rings. The zero-order valence-electron chi connectivity index (χ0n) is 22.9. The maximum absolute atomic E-state index is 13.5. The Morgan fingerprint density at radius 1 is 1.05 bits per heavy atom. The van der Waals surface area contributed by atoms with E-state index in [0.29, 0.717) is 36.9 Å². The summed E-state index contributed by atoms with van der Waals surface area (Å²) in [4.78, 5) is 28.0. The highest BCUT2D eigenvalue weighted by Gasteiger charge is 2.28. The van der Waals surface area contributed by atoms with Gasteiger partial charge < -0.3 is 19.7 Å². The molecule has 2 aromatic carbocycles. The van der Waals surface area contributed by atoms with Crippen molar-refractivity contribution in [3.05, 3.63) is 53.6 Å². The van der Waals surface area contributed by atoms with Gasteiger partial charge in [-0.3, -0.25) is 13.9 Å². The third-order valence-electron chi connectivity index (χ3n) is 6.74.